The highest BCUT2D eigenvalue weighted by atomic mass is 32.2. The normalized spacial score (nSPS) is 13.2. The number of rotatable bonds is 3. The fourth-order valence-corrected chi connectivity index (χ4v) is 1.23. The Hall–Kier alpha value is -0.530. The van der Waals surface area contributed by atoms with Gasteiger partial charge in [-0.1, -0.05) is 19.8 Å². The largest absolute Gasteiger partial charge is 0.265 e. The fourth-order valence-electron chi connectivity index (χ4n) is 0.621. The van der Waals surface area contributed by atoms with E-state index >= 15 is 0 Å². The summed E-state index contributed by atoms with van der Waals surface area (Å²) in [5, 5.41) is 0. The molecule has 0 heterocycles. The average Bonchev–Trinajstić information content (AvgIpc) is 1.95. The van der Waals surface area contributed by atoms with Crippen molar-refractivity contribution in [2.75, 3.05) is 6.26 Å². The summed E-state index contributed by atoms with van der Waals surface area (Å²) in [6.45, 7) is 3.74. The van der Waals surface area contributed by atoms with Gasteiger partial charge >= 0.3 is 0 Å². The number of hydrogen-bond acceptors (Lipinski definition) is 3. The molecule has 0 aliphatic rings. The van der Waals surface area contributed by atoms with Crippen LogP contribution in [0, 0.1) is 11.8 Å². The van der Waals surface area contributed by atoms with Gasteiger partial charge in [-0.25, -0.2) is 0 Å². The lowest BCUT2D eigenvalue weighted by Gasteiger charge is -2.05. The fraction of sp³-hybridized carbons (Fsp3) is 0.750. The maximum Gasteiger partial charge on any atom is 0.265 e. The van der Waals surface area contributed by atoms with Gasteiger partial charge in [-0.05, 0) is 6.42 Å². The van der Waals surface area contributed by atoms with E-state index in [9.17, 15) is 8.42 Å². The second-order valence-corrected chi connectivity index (χ2v) is 3.97. The molecule has 0 aromatic heterocycles. The van der Waals surface area contributed by atoms with E-state index < -0.39 is 16.2 Å². The SMILES string of the molecule is CCC#CC(CC)OS(C)(=O)=O. The summed E-state index contributed by atoms with van der Waals surface area (Å²) in [7, 11) is -3.37. The van der Waals surface area contributed by atoms with Crippen molar-refractivity contribution in [1.82, 2.24) is 0 Å². The third kappa shape index (κ3) is 6.20. The Bertz CT molecular complexity index is 268. The Morgan fingerprint density at radius 2 is 2.00 bits per heavy atom. The Labute approximate surface area is 74.2 Å². The van der Waals surface area contributed by atoms with E-state index in [1.165, 1.54) is 0 Å². The van der Waals surface area contributed by atoms with Crippen molar-refractivity contribution in [3.05, 3.63) is 0 Å². The molecule has 0 aromatic carbocycles. The van der Waals surface area contributed by atoms with Crippen LogP contribution in [0.2, 0.25) is 0 Å². The Morgan fingerprint density at radius 3 is 2.33 bits per heavy atom. The zero-order chi connectivity index (χ0) is 9.61. The second kappa shape index (κ2) is 5.18. The van der Waals surface area contributed by atoms with Gasteiger partial charge < -0.3 is 0 Å². The molecule has 0 N–H and O–H groups in total. The van der Waals surface area contributed by atoms with Crippen molar-refractivity contribution < 1.29 is 12.6 Å². The third-order valence-corrected chi connectivity index (χ3v) is 1.68. The van der Waals surface area contributed by atoms with Gasteiger partial charge in [-0.3, -0.25) is 4.18 Å². The third-order valence-electron chi connectivity index (χ3n) is 1.10. The van der Waals surface area contributed by atoms with Crippen LogP contribution in [-0.2, 0) is 14.3 Å². The molecule has 0 aromatic rings. The van der Waals surface area contributed by atoms with Gasteiger partial charge in [0.1, 0.15) is 6.10 Å². The van der Waals surface area contributed by atoms with Crippen LogP contribution in [0.25, 0.3) is 0 Å². The summed E-state index contributed by atoms with van der Waals surface area (Å²) in [5.41, 5.74) is 0. The first-order chi connectivity index (χ1) is 5.49. The molecule has 0 rings (SSSR count). The molecule has 0 aliphatic heterocycles. The molecule has 1 atom stereocenters. The van der Waals surface area contributed by atoms with Gasteiger partial charge in [0, 0.05) is 6.42 Å². The quantitative estimate of drug-likeness (QED) is 0.495. The van der Waals surface area contributed by atoms with E-state index in [2.05, 4.69) is 16.0 Å². The summed E-state index contributed by atoms with van der Waals surface area (Å²) in [4.78, 5) is 0. The Morgan fingerprint density at radius 1 is 1.42 bits per heavy atom. The highest BCUT2D eigenvalue weighted by Gasteiger charge is 2.09. The molecule has 0 radical (unpaired) electrons. The first-order valence-electron chi connectivity index (χ1n) is 3.86. The smallest absolute Gasteiger partial charge is 0.254 e. The van der Waals surface area contributed by atoms with Crippen molar-refractivity contribution in [3.8, 4) is 11.8 Å². The molecule has 12 heavy (non-hydrogen) atoms. The van der Waals surface area contributed by atoms with Crippen LogP contribution < -0.4 is 0 Å². The predicted octanol–water partition coefficient (Wildman–Crippen LogP) is 1.15. The highest BCUT2D eigenvalue weighted by Crippen LogP contribution is 2.00. The van der Waals surface area contributed by atoms with E-state index in [4.69, 9.17) is 0 Å². The highest BCUT2D eigenvalue weighted by molar-refractivity contribution is 7.86. The minimum Gasteiger partial charge on any atom is -0.254 e. The molecule has 0 fully saturated rings. The van der Waals surface area contributed by atoms with Crippen LogP contribution in [0.15, 0.2) is 0 Å². The minimum absolute atomic E-state index is 0.486. The lowest BCUT2D eigenvalue weighted by molar-refractivity contribution is 0.262. The van der Waals surface area contributed by atoms with E-state index in [0.29, 0.717) is 12.8 Å². The van der Waals surface area contributed by atoms with E-state index in [1.807, 2.05) is 13.8 Å². The maximum absolute atomic E-state index is 10.7. The molecule has 0 saturated heterocycles. The van der Waals surface area contributed by atoms with Crippen LogP contribution in [0.5, 0.6) is 0 Å². The topological polar surface area (TPSA) is 43.4 Å². The molecule has 0 aliphatic carbocycles. The molecule has 0 spiro atoms. The molecule has 0 bridgehead atoms. The molecule has 3 nitrogen and oxygen atoms in total. The van der Waals surface area contributed by atoms with Crippen molar-refractivity contribution in [2.24, 2.45) is 0 Å². The van der Waals surface area contributed by atoms with Gasteiger partial charge in [-0.2, -0.15) is 8.42 Å². The average molecular weight is 190 g/mol. The van der Waals surface area contributed by atoms with E-state index in [-0.39, 0.29) is 0 Å². The lowest BCUT2D eigenvalue weighted by Crippen LogP contribution is -2.14. The van der Waals surface area contributed by atoms with Gasteiger partial charge in [-0.15, -0.1) is 5.92 Å². The first kappa shape index (κ1) is 11.5. The van der Waals surface area contributed by atoms with E-state index in [1.54, 1.807) is 0 Å². The van der Waals surface area contributed by atoms with Crippen molar-refractivity contribution in [3.63, 3.8) is 0 Å². The molecule has 0 saturated carbocycles. The molecule has 0 amide bonds. The lowest BCUT2D eigenvalue weighted by atomic mass is 10.3. The monoisotopic (exact) mass is 190 g/mol. The van der Waals surface area contributed by atoms with Crippen LogP contribution >= 0.6 is 0 Å². The summed E-state index contributed by atoms with van der Waals surface area (Å²) in [6.07, 6.45) is 1.84. The Balaban J connectivity index is 4.19. The molecular weight excluding hydrogens is 176 g/mol. The van der Waals surface area contributed by atoms with Crippen LogP contribution in [-0.4, -0.2) is 20.8 Å². The zero-order valence-electron chi connectivity index (χ0n) is 7.62. The first-order valence-corrected chi connectivity index (χ1v) is 5.68. The summed E-state index contributed by atoms with van der Waals surface area (Å²) in [5.74, 6) is 5.51. The predicted molar refractivity (Wildman–Crippen MR) is 48.1 cm³/mol. The number of hydrogen-bond donors (Lipinski definition) is 0. The zero-order valence-corrected chi connectivity index (χ0v) is 8.44. The standard InChI is InChI=1S/C8H14O3S/c1-4-6-7-8(5-2)11-12(3,9)10/h8H,4-5H2,1-3H3. The molecule has 1 unspecified atom stereocenters. The van der Waals surface area contributed by atoms with Crippen molar-refractivity contribution in [2.45, 2.75) is 32.8 Å². The van der Waals surface area contributed by atoms with Crippen LogP contribution in [0.4, 0.5) is 0 Å². The second-order valence-electron chi connectivity index (χ2n) is 2.37. The summed E-state index contributed by atoms with van der Waals surface area (Å²) < 4.78 is 26.0. The van der Waals surface area contributed by atoms with Gasteiger partial charge in [0.15, 0.2) is 0 Å². The minimum atomic E-state index is -3.37. The van der Waals surface area contributed by atoms with E-state index in [0.717, 1.165) is 6.26 Å². The summed E-state index contributed by atoms with van der Waals surface area (Å²) in [6, 6.07) is 0. The van der Waals surface area contributed by atoms with Gasteiger partial charge in [0.05, 0.1) is 6.26 Å². The molecular formula is C8H14O3S. The molecule has 4 heteroatoms. The van der Waals surface area contributed by atoms with Crippen LogP contribution in [0.1, 0.15) is 26.7 Å². The van der Waals surface area contributed by atoms with Crippen LogP contribution in [0.3, 0.4) is 0 Å². The summed E-state index contributed by atoms with van der Waals surface area (Å²) >= 11 is 0. The Kier molecular flexibility index (Phi) is 4.95. The maximum atomic E-state index is 10.7. The van der Waals surface area contributed by atoms with Crippen molar-refractivity contribution >= 4 is 10.1 Å². The van der Waals surface area contributed by atoms with Crippen molar-refractivity contribution in [1.29, 1.82) is 0 Å². The van der Waals surface area contributed by atoms with Gasteiger partial charge in [0.2, 0.25) is 0 Å². The molecule has 70 valence electrons. The van der Waals surface area contributed by atoms with Gasteiger partial charge in [0.25, 0.3) is 10.1 Å².